The van der Waals surface area contributed by atoms with Crippen molar-refractivity contribution in [3.05, 3.63) is 52.7 Å². The lowest BCUT2D eigenvalue weighted by Gasteiger charge is -2.34. The van der Waals surface area contributed by atoms with E-state index in [1.54, 1.807) is 12.3 Å². The number of furan rings is 1. The lowest BCUT2D eigenvalue weighted by molar-refractivity contribution is 0.0910. The van der Waals surface area contributed by atoms with Crippen LogP contribution in [0.15, 0.2) is 28.9 Å². The van der Waals surface area contributed by atoms with E-state index < -0.39 is 0 Å². The van der Waals surface area contributed by atoms with E-state index in [4.69, 9.17) is 4.42 Å². The van der Waals surface area contributed by atoms with Crippen LogP contribution in [0, 0.1) is 5.82 Å². The molecule has 1 aromatic carbocycles. The Kier molecular flexibility index (Phi) is 4.91. The van der Waals surface area contributed by atoms with Crippen LogP contribution < -0.4 is 10.2 Å². The number of aliphatic hydroxyl groups is 1. The van der Waals surface area contributed by atoms with Crippen LogP contribution in [0.2, 0.25) is 0 Å². The lowest BCUT2D eigenvalue weighted by atomic mass is 10.0. The van der Waals surface area contributed by atoms with Crippen molar-refractivity contribution in [1.82, 2.24) is 5.32 Å². The fourth-order valence-corrected chi connectivity index (χ4v) is 4.16. The van der Waals surface area contributed by atoms with Crippen LogP contribution in [-0.4, -0.2) is 30.2 Å². The van der Waals surface area contributed by atoms with Gasteiger partial charge in [-0.3, -0.25) is 4.79 Å². The Morgan fingerprint density at radius 2 is 2.11 bits per heavy atom. The van der Waals surface area contributed by atoms with Gasteiger partial charge in [-0.2, -0.15) is 0 Å². The number of amides is 1. The highest BCUT2D eigenvalue weighted by Gasteiger charge is 2.26. The van der Waals surface area contributed by atoms with E-state index in [1.165, 1.54) is 12.1 Å². The number of hydrogen-bond donors (Lipinski definition) is 2. The van der Waals surface area contributed by atoms with Crippen molar-refractivity contribution in [1.29, 1.82) is 0 Å². The molecule has 1 unspecified atom stereocenters. The van der Waals surface area contributed by atoms with Crippen molar-refractivity contribution in [2.24, 2.45) is 0 Å². The fourth-order valence-electron chi connectivity index (χ4n) is 4.16. The summed E-state index contributed by atoms with van der Waals surface area (Å²) in [5.41, 5.74) is 3.76. The molecule has 1 aliphatic heterocycles. The van der Waals surface area contributed by atoms with E-state index in [0.29, 0.717) is 31.7 Å². The first-order chi connectivity index (χ1) is 13.0. The zero-order chi connectivity index (χ0) is 19.0. The molecule has 1 saturated heterocycles. The van der Waals surface area contributed by atoms with Crippen LogP contribution in [-0.2, 0) is 12.8 Å². The first-order valence-corrected chi connectivity index (χ1v) is 9.65. The van der Waals surface area contributed by atoms with Crippen molar-refractivity contribution in [3.8, 4) is 0 Å². The molecule has 2 aliphatic rings. The van der Waals surface area contributed by atoms with Crippen molar-refractivity contribution in [2.75, 3.05) is 18.0 Å². The second-order valence-electron chi connectivity index (χ2n) is 7.54. The van der Waals surface area contributed by atoms with Crippen molar-refractivity contribution < 1.29 is 18.7 Å². The number of nitrogens with zero attached hydrogens (tertiary/aromatic N) is 1. The molecule has 144 valence electrons. The third-order valence-corrected chi connectivity index (χ3v) is 5.67. The molecule has 0 spiro atoms. The molecule has 2 aromatic rings. The number of piperidine rings is 1. The predicted octanol–water partition coefficient (Wildman–Crippen LogP) is 3.36. The summed E-state index contributed by atoms with van der Waals surface area (Å²) in [6.45, 7) is 3.29. The average Bonchev–Trinajstić information content (AvgIpc) is 3.26. The summed E-state index contributed by atoms with van der Waals surface area (Å²) in [5.74, 6) is -0.200. The number of aryl methyl sites for hydroxylation is 1. The number of carbonyl (C=O) groups excluding carboxylic acids is 1. The van der Waals surface area contributed by atoms with E-state index >= 15 is 0 Å². The van der Waals surface area contributed by atoms with Gasteiger partial charge in [-0.1, -0.05) is 0 Å². The summed E-state index contributed by atoms with van der Waals surface area (Å²) < 4.78 is 19.4. The Balaban J connectivity index is 1.55. The number of anilines is 1. The molecule has 6 heteroatoms. The van der Waals surface area contributed by atoms with Gasteiger partial charge in [0.1, 0.15) is 5.82 Å². The molecule has 2 heterocycles. The Bertz CT molecular complexity index is 840. The van der Waals surface area contributed by atoms with Crippen LogP contribution >= 0.6 is 0 Å². The molecule has 1 atom stereocenters. The molecule has 0 radical (unpaired) electrons. The maximum absolute atomic E-state index is 13.9. The van der Waals surface area contributed by atoms with Gasteiger partial charge in [0.05, 0.1) is 18.4 Å². The first kappa shape index (κ1) is 18.0. The van der Waals surface area contributed by atoms with Gasteiger partial charge in [-0.25, -0.2) is 4.39 Å². The van der Waals surface area contributed by atoms with Crippen molar-refractivity contribution in [2.45, 2.75) is 51.2 Å². The zero-order valence-corrected chi connectivity index (χ0v) is 15.5. The van der Waals surface area contributed by atoms with Gasteiger partial charge in [0, 0.05) is 29.9 Å². The molecular formula is C21H25FN2O3. The van der Waals surface area contributed by atoms with Crippen LogP contribution in [0.25, 0.3) is 0 Å². The third-order valence-electron chi connectivity index (χ3n) is 5.67. The number of hydrogen-bond acceptors (Lipinski definition) is 4. The Morgan fingerprint density at radius 3 is 2.89 bits per heavy atom. The summed E-state index contributed by atoms with van der Waals surface area (Å²) in [7, 11) is 0. The monoisotopic (exact) mass is 372 g/mol. The number of rotatable bonds is 4. The summed E-state index contributed by atoms with van der Waals surface area (Å²) in [4.78, 5) is 14.9. The Morgan fingerprint density at radius 1 is 1.33 bits per heavy atom. The van der Waals surface area contributed by atoms with Gasteiger partial charge in [0.15, 0.2) is 5.76 Å². The Hall–Kier alpha value is -2.34. The number of aliphatic hydroxyl groups excluding tert-OH is 1. The molecule has 1 amide bonds. The molecule has 27 heavy (non-hydrogen) atoms. The smallest absolute Gasteiger partial charge is 0.287 e. The minimum absolute atomic E-state index is 0.255. The molecule has 0 saturated carbocycles. The molecule has 5 nitrogen and oxygen atoms in total. The summed E-state index contributed by atoms with van der Waals surface area (Å²) in [6.07, 6.45) is 5.65. The van der Waals surface area contributed by atoms with E-state index in [1.807, 2.05) is 6.92 Å². The van der Waals surface area contributed by atoms with Gasteiger partial charge in [-0.15, -0.1) is 0 Å². The van der Waals surface area contributed by atoms with Gasteiger partial charge < -0.3 is 19.7 Å². The topological polar surface area (TPSA) is 65.7 Å². The average molecular weight is 372 g/mol. The molecule has 0 bridgehead atoms. The minimum Gasteiger partial charge on any atom is -0.459 e. The zero-order valence-electron chi connectivity index (χ0n) is 15.5. The second-order valence-corrected chi connectivity index (χ2v) is 7.54. The molecule has 1 aromatic heterocycles. The van der Waals surface area contributed by atoms with Gasteiger partial charge in [-0.05, 0) is 62.8 Å². The second kappa shape index (κ2) is 7.35. The highest BCUT2D eigenvalue weighted by molar-refractivity contribution is 5.93. The fraction of sp³-hybridized carbons (Fsp3) is 0.476. The van der Waals surface area contributed by atoms with Crippen LogP contribution in [0.5, 0.6) is 0 Å². The first-order valence-electron chi connectivity index (χ1n) is 9.65. The molecular weight excluding hydrogens is 347 g/mol. The van der Waals surface area contributed by atoms with Crippen LogP contribution in [0.4, 0.5) is 10.1 Å². The van der Waals surface area contributed by atoms with Gasteiger partial charge in [0.2, 0.25) is 0 Å². The van der Waals surface area contributed by atoms with E-state index in [0.717, 1.165) is 41.6 Å². The number of carbonyl (C=O) groups is 1. The Labute approximate surface area is 158 Å². The number of nitrogens with one attached hydrogen (secondary N) is 1. The largest absolute Gasteiger partial charge is 0.459 e. The third kappa shape index (κ3) is 3.58. The summed E-state index contributed by atoms with van der Waals surface area (Å²) in [5, 5.41) is 12.7. The van der Waals surface area contributed by atoms with Crippen molar-refractivity contribution in [3.63, 3.8) is 0 Å². The lowest BCUT2D eigenvalue weighted by Crippen LogP contribution is -2.37. The normalized spacial score (nSPS) is 18.4. The number of benzene rings is 1. The quantitative estimate of drug-likeness (QED) is 0.864. The van der Waals surface area contributed by atoms with Crippen molar-refractivity contribution >= 4 is 11.6 Å². The van der Waals surface area contributed by atoms with E-state index in [-0.39, 0.29) is 23.9 Å². The predicted molar refractivity (Wildman–Crippen MR) is 100 cm³/mol. The van der Waals surface area contributed by atoms with Gasteiger partial charge in [0.25, 0.3) is 5.91 Å². The number of fused-ring (bicyclic) bond motifs is 1. The number of halogens is 1. The highest BCUT2D eigenvalue weighted by Crippen LogP contribution is 2.31. The maximum atomic E-state index is 13.9. The van der Waals surface area contributed by atoms with Crippen LogP contribution in [0.3, 0.4) is 0 Å². The highest BCUT2D eigenvalue weighted by atomic mass is 19.1. The molecule has 1 fully saturated rings. The standard InChI is InChI=1S/C21H25FN2O3/c1-13(23-21(26)20-17-4-2-3-14(17)12-27-20)18-11-15(22)5-6-19(18)24-9-7-16(25)8-10-24/h5-6,11-13,16,25H,2-4,7-10H2,1H3,(H,23,26). The molecule has 1 aliphatic carbocycles. The van der Waals surface area contributed by atoms with Crippen LogP contribution in [0.1, 0.15) is 59.5 Å². The molecule has 4 rings (SSSR count). The molecule has 2 N–H and O–H groups in total. The SMILES string of the molecule is CC(NC(=O)c1occ2c1CCC2)c1cc(F)ccc1N1CCC(O)CC1. The maximum Gasteiger partial charge on any atom is 0.287 e. The van der Waals surface area contributed by atoms with Gasteiger partial charge >= 0.3 is 0 Å². The minimum atomic E-state index is -0.364. The van der Waals surface area contributed by atoms with E-state index in [2.05, 4.69) is 10.2 Å². The summed E-state index contributed by atoms with van der Waals surface area (Å²) >= 11 is 0. The van der Waals surface area contributed by atoms with E-state index in [9.17, 15) is 14.3 Å². The summed E-state index contributed by atoms with van der Waals surface area (Å²) in [6, 6.07) is 4.32.